The molecule has 0 aliphatic heterocycles. The molecule has 0 aliphatic carbocycles. The number of hydrogen-bond acceptors (Lipinski definition) is 6. The number of pyridine rings is 2. The predicted molar refractivity (Wildman–Crippen MR) is 190 cm³/mol. The van der Waals surface area contributed by atoms with Crippen molar-refractivity contribution in [1.82, 2.24) is 24.5 Å². The molecule has 0 saturated heterocycles. The van der Waals surface area contributed by atoms with E-state index in [0.29, 0.717) is 28.9 Å². The standard InChI is InChI=1S/C42H29N5O2.Pd.Pt/c1-3-28-20-30(38-10-5-7-16-43-38)24-34(22-28)48-32-12-14-36-37-15-13-33(27-41(37)47(40(36)26-32)42-45-18-9-19-46-42)49-35-23-29(4-2)21-31(25-35)39-11-6-8-17-44-39;;/h5-23H,3-4H2,1-2H3;;/q-4;2*+2. The fourth-order valence-electron chi connectivity index (χ4n) is 5.83. The Kier molecular flexibility index (Phi) is 11.2. The van der Waals surface area contributed by atoms with Crippen molar-refractivity contribution in [3.05, 3.63) is 151 Å². The second-order valence-electron chi connectivity index (χ2n) is 11.4. The molecule has 4 aromatic heterocycles. The first-order valence-electron chi connectivity index (χ1n) is 16.2. The molecule has 0 N–H and O–H groups in total. The van der Waals surface area contributed by atoms with Crippen LogP contribution in [-0.4, -0.2) is 24.5 Å². The molecule has 0 amide bonds. The van der Waals surface area contributed by atoms with Gasteiger partial charge < -0.3 is 24.0 Å². The quantitative estimate of drug-likeness (QED) is 0.106. The Morgan fingerprint density at radius 1 is 0.529 bits per heavy atom. The summed E-state index contributed by atoms with van der Waals surface area (Å²) in [6, 6.07) is 43.3. The zero-order valence-electron chi connectivity index (χ0n) is 27.6. The molecule has 0 saturated carbocycles. The Hall–Kier alpha value is -4.99. The third-order valence-electron chi connectivity index (χ3n) is 8.23. The molecule has 7 nitrogen and oxygen atoms in total. The molecular formula is C42H29N5O2PdPt. The number of fused-ring (bicyclic) bond motifs is 3. The fourth-order valence-corrected chi connectivity index (χ4v) is 5.83. The van der Waals surface area contributed by atoms with Crippen molar-refractivity contribution in [2.24, 2.45) is 0 Å². The van der Waals surface area contributed by atoms with Crippen molar-refractivity contribution in [2.45, 2.75) is 26.7 Å². The average Bonchev–Trinajstić information content (AvgIpc) is 3.48. The number of ether oxygens (including phenoxy) is 2. The molecule has 8 aromatic rings. The molecule has 0 aliphatic rings. The molecule has 0 unspecified atom stereocenters. The number of aromatic nitrogens is 5. The summed E-state index contributed by atoms with van der Waals surface area (Å²) in [5.74, 6) is 2.74. The SMILES string of the molecule is CCc1cc(Oc2[c-]c3c(cc2)c2ccc(Oc4[c-]c(-c5ccccn5)cc(CC)c4)[c-]c2n3-c2ncccn2)[c-]c(-c2ccccn2)c1.[Pd+2].[Pt+2]. The van der Waals surface area contributed by atoms with Gasteiger partial charge in [0.25, 0.3) is 0 Å². The van der Waals surface area contributed by atoms with Crippen molar-refractivity contribution in [3.8, 4) is 51.5 Å². The van der Waals surface area contributed by atoms with E-state index in [2.05, 4.69) is 70.2 Å². The van der Waals surface area contributed by atoms with E-state index in [0.717, 1.165) is 68.3 Å². The summed E-state index contributed by atoms with van der Waals surface area (Å²) >= 11 is 0. The molecule has 254 valence electrons. The first kappa shape index (κ1) is 35.8. The van der Waals surface area contributed by atoms with E-state index >= 15 is 0 Å². The van der Waals surface area contributed by atoms with Gasteiger partial charge in [0.15, 0.2) is 0 Å². The molecule has 0 fully saturated rings. The van der Waals surface area contributed by atoms with Crippen LogP contribution in [0.4, 0.5) is 0 Å². The van der Waals surface area contributed by atoms with Crippen LogP contribution in [0.5, 0.6) is 23.0 Å². The van der Waals surface area contributed by atoms with Crippen LogP contribution in [0, 0.1) is 24.3 Å². The van der Waals surface area contributed by atoms with Crippen LogP contribution in [0.1, 0.15) is 25.0 Å². The third kappa shape index (κ3) is 7.55. The summed E-state index contributed by atoms with van der Waals surface area (Å²) in [4.78, 5) is 18.2. The second-order valence-corrected chi connectivity index (χ2v) is 11.4. The molecule has 4 aromatic carbocycles. The zero-order chi connectivity index (χ0) is 33.2. The van der Waals surface area contributed by atoms with Crippen LogP contribution in [0.3, 0.4) is 0 Å². The fraction of sp³-hybridized carbons (Fsp3) is 0.0952. The summed E-state index contributed by atoms with van der Waals surface area (Å²) in [6.07, 6.45) is 8.69. The van der Waals surface area contributed by atoms with Crippen LogP contribution in [0.15, 0.2) is 116 Å². The van der Waals surface area contributed by atoms with Gasteiger partial charge in [0.1, 0.15) is 0 Å². The van der Waals surface area contributed by atoms with Crippen molar-refractivity contribution < 1.29 is 51.0 Å². The van der Waals surface area contributed by atoms with Crippen LogP contribution >= 0.6 is 0 Å². The van der Waals surface area contributed by atoms with E-state index in [1.165, 1.54) is 0 Å². The Bertz CT molecular complexity index is 2270. The number of benzene rings is 4. The molecule has 0 atom stereocenters. The first-order valence-corrected chi connectivity index (χ1v) is 16.2. The number of hydrogen-bond donors (Lipinski definition) is 0. The summed E-state index contributed by atoms with van der Waals surface area (Å²) in [7, 11) is 0. The van der Waals surface area contributed by atoms with Crippen molar-refractivity contribution in [3.63, 3.8) is 0 Å². The summed E-state index contributed by atoms with van der Waals surface area (Å²) < 4.78 is 14.8. The van der Waals surface area contributed by atoms with Gasteiger partial charge in [-0.15, -0.1) is 58.7 Å². The molecule has 51 heavy (non-hydrogen) atoms. The van der Waals surface area contributed by atoms with Crippen molar-refractivity contribution in [2.75, 3.05) is 0 Å². The molecule has 9 heteroatoms. The minimum absolute atomic E-state index is 0. The molecule has 0 spiro atoms. The molecular weight excluding hydrogens is 908 g/mol. The monoisotopic (exact) mass is 936 g/mol. The van der Waals surface area contributed by atoms with Gasteiger partial charge in [0.2, 0.25) is 5.95 Å². The van der Waals surface area contributed by atoms with Crippen LogP contribution in [-0.2, 0) is 54.3 Å². The van der Waals surface area contributed by atoms with Gasteiger partial charge in [-0.25, -0.2) is 9.97 Å². The van der Waals surface area contributed by atoms with E-state index in [4.69, 9.17) is 9.47 Å². The van der Waals surface area contributed by atoms with Gasteiger partial charge in [0, 0.05) is 47.8 Å². The van der Waals surface area contributed by atoms with Gasteiger partial charge in [-0.2, -0.15) is 22.9 Å². The largest absolute Gasteiger partial charge is 2.00 e. The van der Waals surface area contributed by atoms with E-state index in [1.54, 1.807) is 30.9 Å². The molecule has 0 bridgehead atoms. The van der Waals surface area contributed by atoms with Gasteiger partial charge in [-0.05, 0) is 42.4 Å². The second kappa shape index (κ2) is 15.9. The average molecular weight is 937 g/mol. The topological polar surface area (TPSA) is 75.0 Å². The summed E-state index contributed by atoms with van der Waals surface area (Å²) in [5.41, 5.74) is 7.17. The Balaban J connectivity index is 0.00000224. The Labute approximate surface area is 324 Å². The summed E-state index contributed by atoms with van der Waals surface area (Å²) in [6.45, 7) is 4.23. The maximum absolute atomic E-state index is 6.41. The normalized spacial score (nSPS) is 10.8. The number of rotatable bonds is 9. The summed E-state index contributed by atoms with van der Waals surface area (Å²) in [5, 5.41) is 1.91. The van der Waals surface area contributed by atoms with E-state index < -0.39 is 0 Å². The molecule has 0 radical (unpaired) electrons. The Morgan fingerprint density at radius 3 is 1.43 bits per heavy atom. The maximum atomic E-state index is 6.41. The zero-order valence-corrected chi connectivity index (χ0v) is 31.4. The minimum atomic E-state index is 0. The van der Waals surface area contributed by atoms with Crippen LogP contribution in [0.25, 0.3) is 50.3 Å². The third-order valence-corrected chi connectivity index (χ3v) is 8.23. The van der Waals surface area contributed by atoms with Gasteiger partial charge in [0.05, 0.1) is 0 Å². The minimum Gasteiger partial charge on any atom is -0.503 e. The predicted octanol–water partition coefficient (Wildman–Crippen LogP) is 9.60. The van der Waals surface area contributed by atoms with Gasteiger partial charge in [-0.1, -0.05) is 73.4 Å². The smallest absolute Gasteiger partial charge is 0.503 e. The van der Waals surface area contributed by atoms with Gasteiger partial charge in [-0.3, -0.25) is 0 Å². The molecule has 4 heterocycles. The van der Waals surface area contributed by atoms with E-state index in [1.807, 2.05) is 77.4 Å². The van der Waals surface area contributed by atoms with E-state index in [-0.39, 0.29) is 41.5 Å². The first-order chi connectivity index (χ1) is 24.1. The number of nitrogens with zero attached hydrogens (tertiary/aromatic N) is 5. The van der Waals surface area contributed by atoms with E-state index in [9.17, 15) is 0 Å². The van der Waals surface area contributed by atoms with Crippen molar-refractivity contribution in [1.29, 1.82) is 0 Å². The molecule has 8 rings (SSSR count). The van der Waals surface area contributed by atoms with Crippen LogP contribution < -0.4 is 9.47 Å². The Morgan fingerprint density at radius 2 is 1.00 bits per heavy atom. The number of aryl methyl sites for hydroxylation is 2. The van der Waals surface area contributed by atoms with Gasteiger partial charge >= 0.3 is 41.5 Å². The van der Waals surface area contributed by atoms with Crippen molar-refractivity contribution >= 4 is 21.8 Å². The maximum Gasteiger partial charge on any atom is 2.00 e. The van der Waals surface area contributed by atoms with Crippen LogP contribution in [0.2, 0.25) is 0 Å².